The average Bonchev–Trinajstić information content (AvgIpc) is 2.69. The summed E-state index contributed by atoms with van der Waals surface area (Å²) in [6.07, 6.45) is 4.05. The largest absolute Gasteiger partial charge is 0.481 e. The highest BCUT2D eigenvalue weighted by Crippen LogP contribution is 2.21. The number of aliphatic carboxylic acids is 1. The predicted octanol–water partition coefficient (Wildman–Crippen LogP) is 2.52. The van der Waals surface area contributed by atoms with Gasteiger partial charge >= 0.3 is 5.97 Å². The summed E-state index contributed by atoms with van der Waals surface area (Å²) < 4.78 is 1.38. The molecule has 0 bridgehead atoms. The fourth-order valence-corrected chi connectivity index (χ4v) is 3.57. The lowest BCUT2D eigenvalue weighted by Crippen LogP contribution is -2.43. The molecule has 0 radical (unpaired) electrons. The summed E-state index contributed by atoms with van der Waals surface area (Å²) in [6.45, 7) is 3.24. The number of carbonyl (C=O) groups is 2. The molecule has 2 aromatic rings. The number of unbranched alkanes of at least 4 members (excludes halogenated alkanes) is 2. The Morgan fingerprint density at radius 2 is 1.96 bits per heavy atom. The van der Waals surface area contributed by atoms with Gasteiger partial charge in [0.05, 0.1) is 11.3 Å². The first-order chi connectivity index (χ1) is 13.0. The fraction of sp³-hybridized carbons (Fsp3) is 0.500. The van der Waals surface area contributed by atoms with E-state index in [1.54, 1.807) is 29.2 Å². The topological polar surface area (TPSA) is 92.5 Å². The summed E-state index contributed by atoms with van der Waals surface area (Å²) in [5, 5.41) is 14.7. The number of aromatic nitrogens is 2. The Morgan fingerprint density at radius 3 is 2.67 bits per heavy atom. The van der Waals surface area contributed by atoms with Crippen molar-refractivity contribution in [3.8, 4) is 0 Å². The van der Waals surface area contributed by atoms with Crippen molar-refractivity contribution in [3.05, 3.63) is 40.3 Å². The maximum atomic E-state index is 13.1. The van der Waals surface area contributed by atoms with Crippen molar-refractivity contribution < 1.29 is 14.7 Å². The molecule has 27 heavy (non-hydrogen) atoms. The lowest BCUT2D eigenvalue weighted by atomic mass is 9.98. The van der Waals surface area contributed by atoms with Gasteiger partial charge in [0.1, 0.15) is 0 Å². The van der Waals surface area contributed by atoms with Gasteiger partial charge in [-0.1, -0.05) is 38.0 Å². The predicted molar refractivity (Wildman–Crippen MR) is 102 cm³/mol. The van der Waals surface area contributed by atoms with Crippen molar-refractivity contribution in [2.24, 2.45) is 5.92 Å². The van der Waals surface area contributed by atoms with Crippen molar-refractivity contribution in [2.45, 2.75) is 45.6 Å². The van der Waals surface area contributed by atoms with Crippen molar-refractivity contribution in [3.63, 3.8) is 0 Å². The van der Waals surface area contributed by atoms with Crippen LogP contribution in [0.4, 0.5) is 0 Å². The highest BCUT2D eigenvalue weighted by Gasteiger charge is 2.30. The number of amides is 1. The second-order valence-corrected chi connectivity index (χ2v) is 7.06. The van der Waals surface area contributed by atoms with E-state index in [1.165, 1.54) is 4.68 Å². The molecular weight excluding hydrogens is 346 g/mol. The maximum Gasteiger partial charge on any atom is 0.308 e. The van der Waals surface area contributed by atoms with Gasteiger partial charge in [-0.2, -0.15) is 5.10 Å². The van der Waals surface area contributed by atoms with E-state index in [-0.39, 0.29) is 23.7 Å². The van der Waals surface area contributed by atoms with Crippen molar-refractivity contribution >= 4 is 22.6 Å². The quantitative estimate of drug-likeness (QED) is 0.788. The smallest absolute Gasteiger partial charge is 0.308 e. The highest BCUT2D eigenvalue weighted by atomic mass is 16.4. The Kier molecular flexibility index (Phi) is 5.88. The van der Waals surface area contributed by atoms with Crippen LogP contribution in [0.15, 0.2) is 29.1 Å². The van der Waals surface area contributed by atoms with Gasteiger partial charge in [0.2, 0.25) is 0 Å². The number of carbonyl (C=O) groups excluding carboxylic acids is 1. The van der Waals surface area contributed by atoms with E-state index in [9.17, 15) is 19.5 Å². The minimum absolute atomic E-state index is 0.180. The first-order valence-electron chi connectivity index (χ1n) is 9.55. The minimum atomic E-state index is -0.880. The van der Waals surface area contributed by atoms with Gasteiger partial charge < -0.3 is 10.0 Å². The summed E-state index contributed by atoms with van der Waals surface area (Å²) in [5.41, 5.74) is 0.0352. The fourth-order valence-electron chi connectivity index (χ4n) is 3.57. The number of piperidine rings is 1. The molecule has 1 amide bonds. The summed E-state index contributed by atoms with van der Waals surface area (Å²) in [4.78, 5) is 38.7. The summed E-state index contributed by atoms with van der Waals surface area (Å²) in [5.74, 6) is -1.74. The van der Waals surface area contributed by atoms with Crippen LogP contribution in [0.3, 0.4) is 0 Å². The zero-order valence-electron chi connectivity index (χ0n) is 15.6. The van der Waals surface area contributed by atoms with Gasteiger partial charge in [0.15, 0.2) is 5.69 Å². The number of fused-ring (bicyclic) bond motifs is 1. The van der Waals surface area contributed by atoms with Crippen molar-refractivity contribution in [2.75, 3.05) is 13.1 Å². The molecule has 1 aromatic heterocycles. The van der Waals surface area contributed by atoms with Crippen LogP contribution in [0.5, 0.6) is 0 Å². The molecule has 1 aliphatic heterocycles. The van der Waals surface area contributed by atoms with Gasteiger partial charge in [-0.25, -0.2) is 4.68 Å². The molecule has 7 heteroatoms. The molecule has 1 fully saturated rings. The molecule has 144 valence electrons. The van der Waals surface area contributed by atoms with Crippen molar-refractivity contribution in [1.82, 2.24) is 14.7 Å². The summed E-state index contributed by atoms with van der Waals surface area (Å²) >= 11 is 0. The third kappa shape index (κ3) is 4.02. The van der Waals surface area contributed by atoms with E-state index in [4.69, 9.17) is 0 Å². The normalized spacial score (nSPS) is 17.2. The summed E-state index contributed by atoms with van der Waals surface area (Å²) in [6, 6.07) is 6.99. The van der Waals surface area contributed by atoms with Crippen LogP contribution in [0.2, 0.25) is 0 Å². The molecule has 1 N–H and O–H groups in total. The number of nitrogens with zero attached hydrogens (tertiary/aromatic N) is 3. The second kappa shape index (κ2) is 8.33. The van der Waals surface area contributed by atoms with Crippen LogP contribution in [0.1, 0.15) is 49.5 Å². The van der Waals surface area contributed by atoms with E-state index in [2.05, 4.69) is 12.0 Å². The van der Waals surface area contributed by atoms with E-state index in [0.717, 1.165) is 19.3 Å². The summed E-state index contributed by atoms with van der Waals surface area (Å²) in [7, 11) is 0. The first-order valence-corrected chi connectivity index (χ1v) is 9.55. The molecule has 0 aliphatic carbocycles. The molecule has 0 spiro atoms. The van der Waals surface area contributed by atoms with Crippen LogP contribution >= 0.6 is 0 Å². The minimum Gasteiger partial charge on any atom is -0.481 e. The molecule has 7 nitrogen and oxygen atoms in total. The number of aryl methyl sites for hydroxylation is 1. The van der Waals surface area contributed by atoms with E-state index in [1.807, 2.05) is 0 Å². The van der Waals surface area contributed by atoms with Gasteiger partial charge in [-0.3, -0.25) is 14.4 Å². The molecule has 1 aliphatic rings. The van der Waals surface area contributed by atoms with Crippen molar-refractivity contribution in [1.29, 1.82) is 0 Å². The number of carboxylic acids is 1. The standard InChI is InChI=1S/C20H25N3O4/c1-2-3-6-12-23-18(24)16-10-5-4-9-15(16)17(21-23)19(25)22-11-7-8-14(13-22)20(26)27/h4-5,9-10,14H,2-3,6-8,11-13H2,1H3,(H,26,27)/t14-/m0/s1. The number of carboxylic acid groups (broad SMARTS) is 1. The Bertz CT molecular complexity index is 906. The maximum absolute atomic E-state index is 13.1. The van der Waals surface area contributed by atoms with Gasteiger partial charge in [0, 0.05) is 25.0 Å². The molecule has 3 rings (SSSR count). The van der Waals surface area contributed by atoms with Crippen LogP contribution < -0.4 is 5.56 Å². The van der Waals surface area contributed by atoms with E-state index in [0.29, 0.717) is 36.7 Å². The Balaban J connectivity index is 1.99. The lowest BCUT2D eigenvalue weighted by Gasteiger charge is -2.30. The zero-order valence-corrected chi connectivity index (χ0v) is 15.6. The highest BCUT2D eigenvalue weighted by molar-refractivity contribution is 6.04. The Labute approximate surface area is 157 Å². The average molecular weight is 371 g/mol. The third-order valence-corrected chi connectivity index (χ3v) is 5.10. The number of benzene rings is 1. The van der Waals surface area contributed by atoms with Crippen LogP contribution in [0.25, 0.3) is 10.8 Å². The molecule has 2 heterocycles. The molecule has 0 unspecified atom stereocenters. The Hall–Kier alpha value is -2.70. The SMILES string of the molecule is CCCCCn1nc(C(=O)N2CCC[C@H](C(=O)O)C2)c2ccccc2c1=O. The monoisotopic (exact) mass is 371 g/mol. The molecular formula is C20H25N3O4. The van der Waals surface area contributed by atoms with Crippen LogP contribution in [-0.2, 0) is 11.3 Å². The van der Waals surface area contributed by atoms with Gasteiger partial charge in [0.25, 0.3) is 11.5 Å². The first kappa shape index (κ1) is 19.1. The number of likely N-dealkylation sites (tertiary alicyclic amines) is 1. The Morgan fingerprint density at radius 1 is 1.22 bits per heavy atom. The lowest BCUT2D eigenvalue weighted by molar-refractivity contribution is -0.143. The number of rotatable bonds is 6. The number of hydrogen-bond acceptors (Lipinski definition) is 4. The van der Waals surface area contributed by atoms with E-state index >= 15 is 0 Å². The molecule has 0 saturated carbocycles. The van der Waals surface area contributed by atoms with Gasteiger partial charge in [-0.05, 0) is 25.3 Å². The van der Waals surface area contributed by atoms with Crippen LogP contribution in [-0.4, -0.2) is 44.8 Å². The number of hydrogen-bond donors (Lipinski definition) is 1. The zero-order chi connectivity index (χ0) is 19.4. The second-order valence-electron chi connectivity index (χ2n) is 7.06. The molecule has 1 atom stereocenters. The third-order valence-electron chi connectivity index (χ3n) is 5.10. The van der Waals surface area contributed by atoms with E-state index < -0.39 is 11.9 Å². The molecule has 1 aromatic carbocycles. The van der Waals surface area contributed by atoms with Crippen LogP contribution in [0, 0.1) is 5.92 Å². The van der Waals surface area contributed by atoms with Gasteiger partial charge in [-0.15, -0.1) is 0 Å². The molecule has 1 saturated heterocycles.